The summed E-state index contributed by atoms with van der Waals surface area (Å²) < 4.78 is 0. The second-order valence-electron chi connectivity index (χ2n) is 6.26. The lowest BCUT2D eigenvalue weighted by atomic mass is 10.0. The molecule has 27 heavy (non-hydrogen) atoms. The molecule has 1 aliphatic heterocycles. The highest BCUT2D eigenvalue weighted by Crippen LogP contribution is 2.23. The van der Waals surface area contributed by atoms with E-state index in [0.717, 1.165) is 26.8 Å². The highest BCUT2D eigenvalue weighted by molar-refractivity contribution is 6.31. The van der Waals surface area contributed by atoms with Gasteiger partial charge in [0.2, 0.25) is 0 Å². The molecule has 0 aromatic heterocycles. The van der Waals surface area contributed by atoms with E-state index < -0.39 is 17.8 Å². The number of nitrogens with zero attached hydrogens (tertiary/aromatic N) is 1. The Kier molecular flexibility index (Phi) is 4.26. The Morgan fingerprint density at radius 2 is 1.52 bits per heavy atom. The van der Waals surface area contributed by atoms with E-state index in [1.807, 2.05) is 72.8 Å². The molecule has 0 saturated carbocycles. The lowest BCUT2D eigenvalue weighted by Gasteiger charge is -2.26. The number of hydrogen-bond donors (Lipinski definition) is 1. The fraction of sp³-hybridized carbons (Fsp3) is 0.0455. The van der Waals surface area contributed by atoms with Crippen LogP contribution in [0.2, 0.25) is 0 Å². The molecule has 5 heteroatoms. The van der Waals surface area contributed by atoms with Crippen LogP contribution in [-0.2, 0) is 16.1 Å². The van der Waals surface area contributed by atoms with Crippen molar-refractivity contribution in [2.24, 2.45) is 0 Å². The van der Waals surface area contributed by atoms with Crippen molar-refractivity contribution in [3.63, 3.8) is 0 Å². The first-order valence-electron chi connectivity index (χ1n) is 8.54. The average molecular weight is 356 g/mol. The van der Waals surface area contributed by atoms with Crippen LogP contribution in [0.4, 0.5) is 4.79 Å². The zero-order valence-corrected chi connectivity index (χ0v) is 14.4. The minimum atomic E-state index is -0.705. The largest absolute Gasteiger partial charge is 0.331 e. The average Bonchev–Trinajstić information content (AvgIpc) is 2.69. The number of urea groups is 1. The first-order chi connectivity index (χ1) is 13.1. The number of barbiturate groups is 1. The van der Waals surface area contributed by atoms with Gasteiger partial charge in [0, 0.05) is 0 Å². The Bertz CT molecular complexity index is 1080. The zero-order chi connectivity index (χ0) is 18.8. The first kappa shape index (κ1) is 16.7. The van der Waals surface area contributed by atoms with Crippen molar-refractivity contribution in [3.8, 4) is 0 Å². The van der Waals surface area contributed by atoms with Crippen LogP contribution in [-0.4, -0.2) is 22.7 Å². The van der Waals surface area contributed by atoms with E-state index in [0.29, 0.717) is 0 Å². The number of fused-ring (bicyclic) bond motifs is 1. The number of carbonyl (C=O) groups excluding carboxylic acids is 3. The molecule has 4 amide bonds. The summed E-state index contributed by atoms with van der Waals surface area (Å²) in [5, 5.41) is 4.19. The van der Waals surface area contributed by atoms with Gasteiger partial charge < -0.3 is 0 Å². The second-order valence-corrected chi connectivity index (χ2v) is 6.26. The van der Waals surface area contributed by atoms with Gasteiger partial charge in [-0.05, 0) is 28.0 Å². The minimum absolute atomic E-state index is 0.0538. The smallest absolute Gasteiger partial charge is 0.273 e. The summed E-state index contributed by atoms with van der Waals surface area (Å²) in [5.41, 5.74) is 1.50. The van der Waals surface area contributed by atoms with Crippen molar-refractivity contribution in [2.75, 3.05) is 0 Å². The molecule has 0 unspecified atom stereocenters. The van der Waals surface area contributed by atoms with Gasteiger partial charge in [-0.25, -0.2) is 4.79 Å². The van der Waals surface area contributed by atoms with Gasteiger partial charge in [0.25, 0.3) is 11.8 Å². The molecule has 1 N–H and O–H groups in total. The van der Waals surface area contributed by atoms with Gasteiger partial charge in [-0.1, -0.05) is 72.8 Å². The van der Waals surface area contributed by atoms with Crippen LogP contribution in [0, 0.1) is 0 Å². The molecule has 3 aromatic carbocycles. The van der Waals surface area contributed by atoms with E-state index >= 15 is 0 Å². The SMILES string of the molecule is O=C1NC(=O)N(Cc2ccccc2)C(=O)/C1=C/c1cccc2ccccc12. The van der Waals surface area contributed by atoms with E-state index in [1.54, 1.807) is 6.08 Å². The molecule has 3 aromatic rings. The lowest BCUT2D eigenvalue weighted by molar-refractivity contribution is -0.130. The summed E-state index contributed by atoms with van der Waals surface area (Å²) in [7, 11) is 0. The number of imide groups is 2. The van der Waals surface area contributed by atoms with Crippen molar-refractivity contribution in [1.29, 1.82) is 0 Å². The Morgan fingerprint density at radius 1 is 0.815 bits per heavy atom. The normalized spacial score (nSPS) is 16.1. The fourth-order valence-electron chi connectivity index (χ4n) is 3.14. The van der Waals surface area contributed by atoms with Crippen LogP contribution in [0.25, 0.3) is 16.8 Å². The molecule has 5 nitrogen and oxygen atoms in total. The monoisotopic (exact) mass is 356 g/mol. The molecule has 132 valence electrons. The number of carbonyl (C=O) groups is 3. The third-order valence-electron chi connectivity index (χ3n) is 4.49. The molecule has 1 aliphatic rings. The Labute approximate surface area is 155 Å². The highest BCUT2D eigenvalue weighted by atomic mass is 16.2. The van der Waals surface area contributed by atoms with Crippen molar-refractivity contribution in [2.45, 2.75) is 6.54 Å². The number of rotatable bonds is 3. The molecule has 0 atom stereocenters. The van der Waals surface area contributed by atoms with Crippen LogP contribution < -0.4 is 5.32 Å². The Morgan fingerprint density at radius 3 is 2.33 bits per heavy atom. The van der Waals surface area contributed by atoms with Crippen molar-refractivity contribution in [3.05, 3.63) is 89.5 Å². The van der Waals surface area contributed by atoms with Crippen LogP contribution in [0.5, 0.6) is 0 Å². The van der Waals surface area contributed by atoms with Gasteiger partial charge in [-0.2, -0.15) is 0 Å². The maximum Gasteiger partial charge on any atom is 0.331 e. The molecule has 1 saturated heterocycles. The Hall–Kier alpha value is -3.73. The predicted octanol–water partition coefficient (Wildman–Crippen LogP) is 3.50. The third-order valence-corrected chi connectivity index (χ3v) is 4.49. The van der Waals surface area contributed by atoms with Crippen molar-refractivity contribution < 1.29 is 14.4 Å². The molecule has 1 heterocycles. The van der Waals surface area contributed by atoms with Crippen LogP contribution in [0.3, 0.4) is 0 Å². The predicted molar refractivity (Wildman–Crippen MR) is 102 cm³/mol. The third kappa shape index (κ3) is 3.22. The first-order valence-corrected chi connectivity index (χ1v) is 8.54. The summed E-state index contributed by atoms with van der Waals surface area (Å²) in [6, 6.07) is 21.9. The Balaban J connectivity index is 1.73. The highest BCUT2D eigenvalue weighted by Gasteiger charge is 2.35. The molecule has 1 fully saturated rings. The molecule has 0 aliphatic carbocycles. The van der Waals surface area contributed by atoms with Crippen molar-refractivity contribution in [1.82, 2.24) is 10.2 Å². The summed E-state index contributed by atoms with van der Waals surface area (Å²) in [4.78, 5) is 38.4. The summed E-state index contributed by atoms with van der Waals surface area (Å²) in [6.07, 6.45) is 1.55. The van der Waals surface area contributed by atoms with Gasteiger partial charge in [0.05, 0.1) is 6.54 Å². The maximum atomic E-state index is 12.9. The van der Waals surface area contributed by atoms with Crippen molar-refractivity contribution >= 4 is 34.7 Å². The minimum Gasteiger partial charge on any atom is -0.273 e. The van der Waals surface area contributed by atoms with Gasteiger partial charge in [-0.15, -0.1) is 0 Å². The number of hydrogen-bond acceptors (Lipinski definition) is 3. The number of benzene rings is 3. The van der Waals surface area contributed by atoms with Crippen LogP contribution in [0.1, 0.15) is 11.1 Å². The van der Waals surface area contributed by atoms with Gasteiger partial charge in [0.15, 0.2) is 0 Å². The van der Waals surface area contributed by atoms with Gasteiger partial charge in [0.1, 0.15) is 5.57 Å². The van der Waals surface area contributed by atoms with Crippen LogP contribution >= 0.6 is 0 Å². The second kappa shape index (κ2) is 6.88. The summed E-state index contributed by atoms with van der Waals surface area (Å²) in [6.45, 7) is 0.103. The quantitative estimate of drug-likeness (QED) is 0.577. The van der Waals surface area contributed by atoms with E-state index in [4.69, 9.17) is 0 Å². The molecule has 4 rings (SSSR count). The van der Waals surface area contributed by atoms with E-state index in [9.17, 15) is 14.4 Å². The van der Waals surface area contributed by atoms with Gasteiger partial charge >= 0.3 is 6.03 Å². The lowest BCUT2D eigenvalue weighted by Crippen LogP contribution is -2.53. The molecular weight excluding hydrogens is 340 g/mol. The molecule has 0 radical (unpaired) electrons. The molecular formula is C22H16N2O3. The maximum absolute atomic E-state index is 12.9. The van der Waals surface area contributed by atoms with E-state index in [1.165, 1.54) is 0 Å². The molecule has 0 spiro atoms. The van der Waals surface area contributed by atoms with Gasteiger partial charge in [-0.3, -0.25) is 19.8 Å². The zero-order valence-electron chi connectivity index (χ0n) is 14.4. The standard InChI is InChI=1S/C22H16N2O3/c25-20-19(13-17-11-6-10-16-9-4-5-12-18(16)17)21(26)24(22(27)23-20)14-15-7-2-1-3-8-15/h1-13H,14H2,(H,23,25,27)/b19-13+. The van der Waals surface area contributed by atoms with E-state index in [2.05, 4.69) is 5.32 Å². The van der Waals surface area contributed by atoms with Crippen LogP contribution in [0.15, 0.2) is 78.4 Å². The molecule has 0 bridgehead atoms. The summed E-state index contributed by atoms with van der Waals surface area (Å²) in [5.74, 6) is -1.28. The number of amides is 4. The fourth-order valence-corrected chi connectivity index (χ4v) is 3.14. The van der Waals surface area contributed by atoms with E-state index in [-0.39, 0.29) is 12.1 Å². The summed E-state index contributed by atoms with van der Waals surface area (Å²) >= 11 is 0. The number of nitrogens with one attached hydrogen (secondary N) is 1. The topological polar surface area (TPSA) is 66.5 Å².